The fourth-order valence-electron chi connectivity index (χ4n) is 10.1. The zero-order valence-electron chi connectivity index (χ0n) is 24.0. The number of hydrogen-bond donors (Lipinski definition) is 0. The van der Waals surface area contributed by atoms with Crippen LogP contribution in [0.15, 0.2) is 11.6 Å². The van der Waals surface area contributed by atoms with Gasteiger partial charge in [-0.25, -0.2) is 0 Å². The van der Waals surface area contributed by atoms with Crippen LogP contribution < -0.4 is 0 Å². The van der Waals surface area contributed by atoms with Gasteiger partial charge in [-0.1, -0.05) is 72.0 Å². The van der Waals surface area contributed by atoms with Gasteiger partial charge in [-0.15, -0.1) is 0 Å². The summed E-state index contributed by atoms with van der Waals surface area (Å²) < 4.78 is 6.51. The van der Waals surface area contributed by atoms with Crippen LogP contribution in [0.1, 0.15) is 125 Å². The third kappa shape index (κ3) is 5.19. The standard InChI is InChI=1S/C33H57NO/c1-24(2)10-9-11-25(3)29-14-15-30-28-13-12-26-22-27(35-23-34-20-7-6-8-21-34)16-18-32(26,4)31(28)17-19-33(29,30)5/h12,24-25,27-31H,6-11,13-23H2,1-5H3. The van der Waals surface area contributed by atoms with E-state index in [0.717, 1.165) is 42.2 Å². The van der Waals surface area contributed by atoms with Crippen LogP contribution in [0.4, 0.5) is 0 Å². The van der Waals surface area contributed by atoms with Gasteiger partial charge in [-0.2, -0.15) is 0 Å². The fraction of sp³-hybridized carbons (Fsp3) is 0.939. The predicted molar refractivity (Wildman–Crippen MR) is 148 cm³/mol. The largest absolute Gasteiger partial charge is 0.363 e. The topological polar surface area (TPSA) is 12.5 Å². The number of hydrogen-bond acceptors (Lipinski definition) is 2. The Labute approximate surface area is 218 Å². The van der Waals surface area contributed by atoms with Gasteiger partial charge >= 0.3 is 0 Å². The molecule has 5 aliphatic rings. The van der Waals surface area contributed by atoms with Crippen molar-refractivity contribution in [1.29, 1.82) is 0 Å². The molecule has 35 heavy (non-hydrogen) atoms. The first kappa shape index (κ1) is 26.3. The number of nitrogens with zero attached hydrogens (tertiary/aromatic N) is 1. The zero-order chi connectivity index (χ0) is 24.6. The Balaban J connectivity index is 1.21. The summed E-state index contributed by atoms with van der Waals surface area (Å²) in [5, 5.41) is 0. The van der Waals surface area contributed by atoms with Crippen molar-refractivity contribution in [3.05, 3.63) is 11.6 Å². The monoisotopic (exact) mass is 483 g/mol. The summed E-state index contributed by atoms with van der Waals surface area (Å²) >= 11 is 0. The van der Waals surface area contributed by atoms with Gasteiger partial charge in [0.2, 0.25) is 0 Å². The summed E-state index contributed by atoms with van der Waals surface area (Å²) in [7, 11) is 0. The van der Waals surface area contributed by atoms with E-state index in [-0.39, 0.29) is 0 Å². The summed E-state index contributed by atoms with van der Waals surface area (Å²) in [5.74, 6) is 5.59. The summed E-state index contributed by atoms with van der Waals surface area (Å²) in [4.78, 5) is 2.55. The van der Waals surface area contributed by atoms with E-state index in [1.54, 1.807) is 5.57 Å². The minimum Gasteiger partial charge on any atom is -0.363 e. The molecule has 4 aliphatic carbocycles. The highest BCUT2D eigenvalue weighted by atomic mass is 16.5. The van der Waals surface area contributed by atoms with Crippen molar-refractivity contribution in [3.63, 3.8) is 0 Å². The van der Waals surface area contributed by atoms with E-state index >= 15 is 0 Å². The molecule has 1 aliphatic heterocycles. The van der Waals surface area contributed by atoms with E-state index in [0.29, 0.717) is 16.9 Å². The first-order chi connectivity index (χ1) is 16.8. The third-order valence-corrected chi connectivity index (χ3v) is 12.2. The lowest BCUT2D eigenvalue weighted by molar-refractivity contribution is -0.0777. The Morgan fingerprint density at radius 3 is 2.51 bits per heavy atom. The van der Waals surface area contributed by atoms with Gasteiger partial charge in [0.25, 0.3) is 0 Å². The van der Waals surface area contributed by atoms with E-state index in [2.05, 4.69) is 45.6 Å². The van der Waals surface area contributed by atoms with Gasteiger partial charge in [0.15, 0.2) is 0 Å². The average molecular weight is 484 g/mol. The van der Waals surface area contributed by atoms with E-state index in [1.807, 2.05) is 0 Å². The van der Waals surface area contributed by atoms with Crippen LogP contribution in [0.25, 0.3) is 0 Å². The first-order valence-electron chi connectivity index (χ1n) is 15.8. The Morgan fingerprint density at radius 1 is 0.943 bits per heavy atom. The van der Waals surface area contributed by atoms with Gasteiger partial charge < -0.3 is 4.74 Å². The lowest BCUT2D eigenvalue weighted by Crippen LogP contribution is -2.51. The summed E-state index contributed by atoms with van der Waals surface area (Å²) in [5.41, 5.74) is 2.85. The molecule has 0 bridgehead atoms. The fourth-order valence-corrected chi connectivity index (χ4v) is 10.1. The minimum atomic E-state index is 0.455. The highest BCUT2D eigenvalue weighted by Gasteiger charge is 2.59. The molecular weight excluding hydrogens is 426 g/mol. The average Bonchev–Trinajstić information content (AvgIpc) is 3.20. The van der Waals surface area contributed by atoms with E-state index in [1.165, 1.54) is 103 Å². The molecule has 0 radical (unpaired) electrons. The molecule has 1 heterocycles. The zero-order valence-corrected chi connectivity index (χ0v) is 24.0. The second-order valence-electron chi connectivity index (χ2n) is 14.6. The summed E-state index contributed by atoms with van der Waals surface area (Å²) in [6.45, 7) is 16.1. The summed E-state index contributed by atoms with van der Waals surface area (Å²) in [6.07, 6.45) is 22.9. The van der Waals surface area contributed by atoms with Crippen molar-refractivity contribution >= 4 is 0 Å². The highest BCUT2D eigenvalue weighted by molar-refractivity contribution is 5.25. The molecule has 3 saturated carbocycles. The van der Waals surface area contributed by atoms with Crippen molar-refractivity contribution in [1.82, 2.24) is 4.90 Å². The molecule has 2 nitrogen and oxygen atoms in total. The second-order valence-corrected chi connectivity index (χ2v) is 14.6. The molecule has 0 aromatic carbocycles. The SMILES string of the molecule is CC(C)CCCC(C)C1CCC2C3CC=C4CC(OCN5CCCCC5)CCC4(C)C3CCC12C. The number of likely N-dealkylation sites (tertiary alicyclic amines) is 1. The Morgan fingerprint density at radius 2 is 1.74 bits per heavy atom. The Hall–Kier alpha value is -0.340. The Kier molecular flexibility index (Phi) is 8.11. The lowest BCUT2D eigenvalue weighted by atomic mass is 9.47. The van der Waals surface area contributed by atoms with E-state index in [9.17, 15) is 0 Å². The van der Waals surface area contributed by atoms with Crippen LogP contribution in [-0.4, -0.2) is 30.8 Å². The minimum absolute atomic E-state index is 0.455. The molecule has 0 aromatic heterocycles. The molecule has 0 spiro atoms. The highest BCUT2D eigenvalue weighted by Crippen LogP contribution is 2.67. The Bertz CT molecular complexity index is 737. The number of allylic oxidation sites excluding steroid dienone is 1. The number of fused-ring (bicyclic) bond motifs is 5. The normalized spacial score (nSPS) is 42.8. The van der Waals surface area contributed by atoms with Gasteiger partial charge in [0.1, 0.15) is 0 Å². The van der Waals surface area contributed by atoms with Crippen molar-refractivity contribution in [2.45, 2.75) is 131 Å². The van der Waals surface area contributed by atoms with Crippen molar-refractivity contribution in [2.75, 3.05) is 19.8 Å². The first-order valence-corrected chi connectivity index (χ1v) is 15.8. The van der Waals surface area contributed by atoms with E-state index in [4.69, 9.17) is 4.74 Å². The molecule has 4 fully saturated rings. The van der Waals surface area contributed by atoms with Gasteiger partial charge in [-0.05, 0) is 111 Å². The smallest absolute Gasteiger partial charge is 0.0994 e. The van der Waals surface area contributed by atoms with Crippen LogP contribution in [0.5, 0.6) is 0 Å². The van der Waals surface area contributed by atoms with Gasteiger partial charge in [0.05, 0.1) is 12.8 Å². The van der Waals surface area contributed by atoms with Gasteiger partial charge in [0, 0.05) is 13.1 Å². The van der Waals surface area contributed by atoms with Crippen LogP contribution in [0.3, 0.4) is 0 Å². The quantitative estimate of drug-likeness (QED) is 0.320. The molecule has 1 saturated heterocycles. The van der Waals surface area contributed by atoms with Crippen molar-refractivity contribution in [2.24, 2.45) is 46.3 Å². The molecule has 2 heteroatoms. The van der Waals surface area contributed by atoms with Crippen molar-refractivity contribution in [3.8, 4) is 0 Å². The van der Waals surface area contributed by atoms with Crippen LogP contribution in [-0.2, 0) is 4.74 Å². The van der Waals surface area contributed by atoms with Gasteiger partial charge in [-0.3, -0.25) is 4.90 Å². The van der Waals surface area contributed by atoms with Crippen LogP contribution in [0.2, 0.25) is 0 Å². The summed E-state index contributed by atoms with van der Waals surface area (Å²) in [6, 6.07) is 0. The second kappa shape index (κ2) is 10.8. The molecule has 0 aromatic rings. The number of piperidine rings is 1. The van der Waals surface area contributed by atoms with Crippen LogP contribution >= 0.6 is 0 Å². The maximum absolute atomic E-state index is 6.51. The number of rotatable bonds is 8. The lowest BCUT2D eigenvalue weighted by Gasteiger charge is -2.58. The molecule has 8 unspecified atom stereocenters. The molecule has 0 N–H and O–H groups in total. The predicted octanol–water partition coefficient (Wildman–Crippen LogP) is 8.86. The molecule has 0 amide bonds. The molecule has 200 valence electrons. The number of ether oxygens (including phenoxy) is 1. The molecule has 5 rings (SSSR count). The third-order valence-electron chi connectivity index (χ3n) is 12.2. The maximum Gasteiger partial charge on any atom is 0.0994 e. The van der Waals surface area contributed by atoms with Crippen LogP contribution in [0, 0.1) is 46.3 Å². The van der Waals surface area contributed by atoms with E-state index < -0.39 is 0 Å². The maximum atomic E-state index is 6.51. The van der Waals surface area contributed by atoms with Crippen molar-refractivity contribution < 1.29 is 4.74 Å². The molecule has 8 atom stereocenters. The molecular formula is C33H57NO.